The van der Waals surface area contributed by atoms with Gasteiger partial charge in [-0.3, -0.25) is 9.69 Å². The summed E-state index contributed by atoms with van der Waals surface area (Å²) < 4.78 is 27.2. The molecule has 1 heterocycles. The molecule has 0 bridgehead atoms. The van der Waals surface area contributed by atoms with E-state index < -0.39 is 5.91 Å². The monoisotopic (exact) mass is 467 g/mol. The largest absolute Gasteiger partial charge is 0.497 e. The fourth-order valence-corrected chi connectivity index (χ4v) is 3.42. The van der Waals surface area contributed by atoms with Crippen molar-refractivity contribution >= 4 is 17.7 Å². The highest BCUT2D eigenvalue weighted by molar-refractivity contribution is 6.10. The molecule has 34 heavy (non-hydrogen) atoms. The van der Waals surface area contributed by atoms with Gasteiger partial charge < -0.3 is 29.0 Å². The number of morpholine rings is 1. The first-order valence-corrected chi connectivity index (χ1v) is 10.8. The Morgan fingerprint density at radius 1 is 1.06 bits per heavy atom. The number of hydrogen-bond donors (Lipinski definition) is 1. The van der Waals surface area contributed by atoms with Gasteiger partial charge in [0.25, 0.3) is 5.91 Å². The molecule has 1 saturated heterocycles. The average molecular weight is 468 g/mol. The molecule has 0 aliphatic carbocycles. The van der Waals surface area contributed by atoms with Crippen molar-refractivity contribution in [1.29, 1.82) is 5.26 Å². The van der Waals surface area contributed by atoms with Crippen molar-refractivity contribution < 1.29 is 28.5 Å². The second-order valence-corrected chi connectivity index (χ2v) is 7.40. The molecule has 0 aromatic heterocycles. The smallest absolute Gasteiger partial charge is 0.266 e. The van der Waals surface area contributed by atoms with Gasteiger partial charge in [0.15, 0.2) is 11.5 Å². The Balaban J connectivity index is 1.70. The predicted molar refractivity (Wildman–Crippen MR) is 128 cm³/mol. The highest BCUT2D eigenvalue weighted by Gasteiger charge is 2.15. The van der Waals surface area contributed by atoms with E-state index in [2.05, 4.69) is 10.2 Å². The van der Waals surface area contributed by atoms with Gasteiger partial charge in [-0.1, -0.05) is 6.07 Å². The Morgan fingerprint density at radius 2 is 1.79 bits per heavy atom. The first-order valence-electron chi connectivity index (χ1n) is 10.8. The molecule has 1 amide bonds. The van der Waals surface area contributed by atoms with E-state index in [0.29, 0.717) is 40.9 Å². The summed E-state index contributed by atoms with van der Waals surface area (Å²) in [5.41, 5.74) is 0.948. The molecule has 0 spiro atoms. The van der Waals surface area contributed by atoms with Gasteiger partial charge in [0.05, 0.1) is 40.2 Å². The number of nitrogens with zero attached hydrogens (tertiary/aromatic N) is 2. The van der Waals surface area contributed by atoms with Crippen molar-refractivity contribution in [1.82, 2.24) is 4.90 Å². The van der Waals surface area contributed by atoms with E-state index in [1.165, 1.54) is 20.3 Å². The molecule has 0 radical (unpaired) electrons. The highest BCUT2D eigenvalue weighted by Crippen LogP contribution is 2.31. The fourth-order valence-electron chi connectivity index (χ4n) is 3.42. The van der Waals surface area contributed by atoms with Gasteiger partial charge in [-0.05, 0) is 35.9 Å². The van der Waals surface area contributed by atoms with Crippen molar-refractivity contribution in [2.24, 2.45) is 0 Å². The summed E-state index contributed by atoms with van der Waals surface area (Å²) in [5, 5.41) is 12.3. The first-order chi connectivity index (χ1) is 16.6. The minimum absolute atomic E-state index is 0.0760. The number of benzene rings is 2. The third kappa shape index (κ3) is 6.63. The van der Waals surface area contributed by atoms with Gasteiger partial charge in [-0.15, -0.1) is 0 Å². The molecule has 1 aliphatic rings. The number of hydrogen-bond acceptors (Lipinski definition) is 8. The van der Waals surface area contributed by atoms with Crippen molar-refractivity contribution in [2.45, 2.75) is 0 Å². The van der Waals surface area contributed by atoms with Crippen LogP contribution in [0.15, 0.2) is 42.0 Å². The molecule has 2 aromatic rings. The van der Waals surface area contributed by atoms with Crippen LogP contribution in [-0.2, 0) is 9.53 Å². The van der Waals surface area contributed by atoms with Gasteiger partial charge in [0.2, 0.25) is 0 Å². The molecule has 0 unspecified atom stereocenters. The summed E-state index contributed by atoms with van der Waals surface area (Å²) in [7, 11) is 4.57. The SMILES string of the molecule is COc1ccc(OC)c(NC(=O)/C(C#N)=C/c2ccc(OCCN3CCOCC3)c(OC)c2)c1. The molecule has 0 saturated carbocycles. The third-order valence-corrected chi connectivity index (χ3v) is 5.29. The molecule has 2 aromatic carbocycles. The molecule has 1 fully saturated rings. The van der Waals surface area contributed by atoms with Crippen LogP contribution in [-0.4, -0.2) is 71.6 Å². The minimum atomic E-state index is -0.571. The van der Waals surface area contributed by atoms with E-state index in [1.807, 2.05) is 6.07 Å². The number of ether oxygens (including phenoxy) is 5. The van der Waals surface area contributed by atoms with Crippen LogP contribution in [0.2, 0.25) is 0 Å². The Bertz CT molecular complexity index is 1060. The lowest BCUT2D eigenvalue weighted by molar-refractivity contribution is -0.112. The van der Waals surface area contributed by atoms with Crippen LogP contribution < -0.4 is 24.3 Å². The number of nitriles is 1. The maximum absolute atomic E-state index is 12.8. The van der Waals surface area contributed by atoms with Crippen molar-refractivity contribution in [2.75, 3.05) is 66.1 Å². The summed E-state index contributed by atoms with van der Waals surface area (Å²) in [5.74, 6) is 1.54. The number of carbonyl (C=O) groups excluding carboxylic acids is 1. The molecular formula is C25H29N3O6. The third-order valence-electron chi connectivity index (χ3n) is 5.29. The van der Waals surface area contributed by atoms with Gasteiger partial charge in [0.1, 0.15) is 29.7 Å². The lowest BCUT2D eigenvalue weighted by Crippen LogP contribution is -2.38. The van der Waals surface area contributed by atoms with E-state index in [4.69, 9.17) is 23.7 Å². The topological polar surface area (TPSA) is 102 Å². The predicted octanol–water partition coefficient (Wildman–Crippen LogP) is 2.97. The zero-order valence-electron chi connectivity index (χ0n) is 19.6. The number of amides is 1. The van der Waals surface area contributed by atoms with Crippen LogP contribution in [0.5, 0.6) is 23.0 Å². The standard InChI is InChI=1S/C25H29N3O6/c1-30-20-5-7-22(31-2)21(16-20)27-25(29)19(17-26)14-18-4-6-23(24(15-18)32-3)34-13-10-28-8-11-33-12-9-28/h4-7,14-16H,8-13H2,1-3H3,(H,27,29)/b19-14+. The quantitative estimate of drug-likeness (QED) is 0.420. The summed E-state index contributed by atoms with van der Waals surface area (Å²) in [6, 6.07) is 12.2. The van der Waals surface area contributed by atoms with Crippen LogP contribution in [0, 0.1) is 11.3 Å². The lowest BCUT2D eigenvalue weighted by atomic mass is 10.1. The molecule has 3 rings (SSSR count). The molecule has 1 N–H and O–H groups in total. The summed E-state index contributed by atoms with van der Waals surface area (Å²) in [4.78, 5) is 15.0. The van der Waals surface area contributed by atoms with E-state index in [-0.39, 0.29) is 5.57 Å². The summed E-state index contributed by atoms with van der Waals surface area (Å²) in [6.07, 6.45) is 1.49. The van der Waals surface area contributed by atoms with Crippen LogP contribution in [0.25, 0.3) is 6.08 Å². The van der Waals surface area contributed by atoms with Crippen molar-refractivity contribution in [3.05, 3.63) is 47.5 Å². The molecular weight excluding hydrogens is 438 g/mol. The Hall–Kier alpha value is -3.74. The van der Waals surface area contributed by atoms with E-state index >= 15 is 0 Å². The van der Waals surface area contributed by atoms with Crippen LogP contribution in [0.4, 0.5) is 5.69 Å². The Labute approximate surface area is 199 Å². The van der Waals surface area contributed by atoms with Gasteiger partial charge in [-0.25, -0.2) is 0 Å². The zero-order chi connectivity index (χ0) is 24.3. The lowest BCUT2D eigenvalue weighted by Gasteiger charge is -2.26. The number of anilines is 1. The van der Waals surface area contributed by atoms with E-state index in [9.17, 15) is 10.1 Å². The van der Waals surface area contributed by atoms with Crippen LogP contribution >= 0.6 is 0 Å². The minimum Gasteiger partial charge on any atom is -0.497 e. The first kappa shape index (κ1) is 24.9. The molecule has 180 valence electrons. The number of nitrogens with one attached hydrogen (secondary N) is 1. The molecule has 1 aliphatic heterocycles. The highest BCUT2D eigenvalue weighted by atomic mass is 16.5. The van der Waals surface area contributed by atoms with Crippen molar-refractivity contribution in [3.8, 4) is 29.1 Å². The summed E-state index contributed by atoms with van der Waals surface area (Å²) in [6.45, 7) is 4.57. The zero-order valence-corrected chi connectivity index (χ0v) is 19.6. The number of carbonyl (C=O) groups is 1. The van der Waals surface area contributed by atoms with Gasteiger partial charge in [-0.2, -0.15) is 5.26 Å². The Kier molecular flexibility index (Phi) is 9.14. The van der Waals surface area contributed by atoms with Crippen molar-refractivity contribution in [3.63, 3.8) is 0 Å². The molecule has 9 nitrogen and oxygen atoms in total. The molecule has 9 heteroatoms. The number of methoxy groups -OCH3 is 3. The van der Waals surface area contributed by atoms with Crippen LogP contribution in [0.3, 0.4) is 0 Å². The van der Waals surface area contributed by atoms with Crippen LogP contribution in [0.1, 0.15) is 5.56 Å². The summed E-state index contributed by atoms with van der Waals surface area (Å²) >= 11 is 0. The second kappa shape index (κ2) is 12.5. The van der Waals surface area contributed by atoms with E-state index in [1.54, 1.807) is 43.5 Å². The maximum atomic E-state index is 12.8. The van der Waals surface area contributed by atoms with E-state index in [0.717, 1.165) is 32.8 Å². The number of rotatable bonds is 10. The average Bonchev–Trinajstić information content (AvgIpc) is 2.88. The normalized spacial score (nSPS) is 14.1. The molecule has 0 atom stereocenters. The van der Waals surface area contributed by atoms with Gasteiger partial charge in [0, 0.05) is 25.7 Å². The fraction of sp³-hybridized carbons (Fsp3) is 0.360. The maximum Gasteiger partial charge on any atom is 0.266 e. The van der Waals surface area contributed by atoms with Gasteiger partial charge >= 0.3 is 0 Å². The second-order valence-electron chi connectivity index (χ2n) is 7.40. The Morgan fingerprint density at radius 3 is 2.47 bits per heavy atom.